The SMILES string of the molecule is C.CC.CC.CC.CC.CC.CC.CC.CC.CC.CC.CC.CC.CC.CC.CC.CC.CC.CC.CC.c1ccc2ccccc2c1.c1ccc2ccccc2c1.c1ccc2ccccc2c1.c1ccc2ccccc2c1.c1ccccc1.c1ccccc1.c1ccccc1.c1ccccc1.c1ccccc1.c1ccccc1.c1ccccc1.c1ccccc1. The Balaban J connectivity index is -0.0000000733. The predicted molar refractivity (Wildman–Crippen MR) is 610 cm³/mol. The normalized spacial score (nSPS) is 7.07. The summed E-state index contributed by atoms with van der Waals surface area (Å²) in [4.78, 5) is 0. The maximum absolute atomic E-state index is 2.12. The van der Waals surface area contributed by atoms with Crippen molar-refractivity contribution in [1.82, 2.24) is 0 Å². The van der Waals surface area contributed by atoms with Gasteiger partial charge in [-0.2, -0.15) is 0 Å². The second-order valence-electron chi connectivity index (χ2n) is 18.6. The van der Waals surface area contributed by atoms with Crippen molar-refractivity contribution in [2.24, 2.45) is 0 Å². The minimum Gasteiger partial charge on any atom is -0.0776 e. The van der Waals surface area contributed by atoms with Crippen LogP contribution in [0.5, 0.6) is 0 Å². The van der Waals surface area contributed by atoms with Gasteiger partial charge in [-0.25, -0.2) is 0 Å². The average Bonchev–Trinajstić information content (AvgIpc) is 0.893. The summed E-state index contributed by atoms with van der Waals surface area (Å²) < 4.78 is 0. The van der Waals surface area contributed by atoms with Crippen molar-refractivity contribution in [3.8, 4) is 0 Å². The topological polar surface area (TPSA) is 0 Å². The third-order valence-corrected chi connectivity index (χ3v) is 12.0. The highest BCUT2D eigenvalue weighted by molar-refractivity contribution is 5.84. The average molecular weight is 1720 g/mol. The molecule has 0 saturated carbocycles. The zero-order valence-electron chi connectivity index (χ0n) is 88.2. The van der Waals surface area contributed by atoms with Gasteiger partial charge < -0.3 is 0 Å². The summed E-state index contributed by atoms with van der Waals surface area (Å²) in [5, 5.41) is 10.5. The molecule has 0 aromatic heterocycles. The second kappa shape index (κ2) is 172. The molecular formula is C127H198. The van der Waals surface area contributed by atoms with E-state index in [4.69, 9.17) is 0 Å². The van der Waals surface area contributed by atoms with Crippen LogP contribution in [0.15, 0.2) is 485 Å². The Morgan fingerprint density at radius 3 is 0.126 bits per heavy atom. The van der Waals surface area contributed by atoms with Gasteiger partial charge in [0.1, 0.15) is 0 Å². The highest BCUT2D eigenvalue weighted by Gasteiger charge is 1.88. The highest BCUT2D eigenvalue weighted by Crippen LogP contribution is 2.14. The van der Waals surface area contributed by atoms with Crippen molar-refractivity contribution < 1.29 is 0 Å². The maximum atomic E-state index is 2.12. The summed E-state index contributed by atoms with van der Waals surface area (Å²) >= 11 is 0. The van der Waals surface area contributed by atoms with Gasteiger partial charge in [0.15, 0.2) is 0 Å². The van der Waals surface area contributed by atoms with E-state index in [0.29, 0.717) is 0 Å². The first-order chi connectivity index (χ1) is 62.9. The summed E-state index contributed by atoms with van der Waals surface area (Å²) in [7, 11) is 0. The largest absolute Gasteiger partial charge is 0.0776 e. The third kappa shape index (κ3) is 123. The molecule has 0 aliphatic heterocycles. The van der Waals surface area contributed by atoms with Crippen LogP contribution in [-0.4, -0.2) is 0 Å². The monoisotopic (exact) mass is 1720 g/mol. The Hall–Kier alpha value is -11.4. The van der Waals surface area contributed by atoms with Gasteiger partial charge in [0.2, 0.25) is 0 Å². The molecule has 0 N–H and O–H groups in total. The van der Waals surface area contributed by atoms with E-state index >= 15 is 0 Å². The molecule has 0 saturated heterocycles. The Kier molecular flexibility index (Phi) is 208. The summed E-state index contributed by atoms with van der Waals surface area (Å²) in [6.45, 7) is 76.0. The number of hydrogen-bond acceptors (Lipinski definition) is 0. The number of rotatable bonds is 0. The zero-order valence-corrected chi connectivity index (χ0v) is 88.2. The van der Waals surface area contributed by atoms with Crippen molar-refractivity contribution >= 4 is 43.1 Å². The Morgan fingerprint density at radius 2 is 0.0945 bits per heavy atom. The first kappa shape index (κ1) is 153. The summed E-state index contributed by atoms with van der Waals surface area (Å²) in [6.07, 6.45) is 0. The number of fused-ring (bicyclic) bond motifs is 4. The minimum absolute atomic E-state index is 0. The van der Waals surface area contributed by atoms with Gasteiger partial charge in [-0.05, 0) is 43.1 Å². The Bertz CT molecular complexity index is 2860. The molecule has 706 valence electrons. The van der Waals surface area contributed by atoms with E-state index in [0.717, 1.165) is 0 Å². The van der Waals surface area contributed by atoms with Crippen LogP contribution >= 0.6 is 0 Å². The van der Waals surface area contributed by atoms with Gasteiger partial charge in [-0.15, -0.1) is 0 Å². The lowest BCUT2D eigenvalue weighted by atomic mass is 10.1. The highest BCUT2D eigenvalue weighted by atomic mass is 13.9. The molecule has 0 heteroatoms. The lowest BCUT2D eigenvalue weighted by Gasteiger charge is -1.92. The molecule has 0 unspecified atom stereocenters. The van der Waals surface area contributed by atoms with E-state index < -0.39 is 0 Å². The van der Waals surface area contributed by atoms with Crippen molar-refractivity contribution in [2.75, 3.05) is 0 Å². The first-order valence-electron chi connectivity index (χ1n) is 48.6. The molecule has 0 atom stereocenters. The molecule has 0 aliphatic carbocycles. The van der Waals surface area contributed by atoms with Gasteiger partial charge in [0.25, 0.3) is 0 Å². The third-order valence-electron chi connectivity index (χ3n) is 12.0. The van der Waals surface area contributed by atoms with Gasteiger partial charge in [0.05, 0.1) is 0 Å². The van der Waals surface area contributed by atoms with Crippen LogP contribution in [-0.2, 0) is 0 Å². The molecule has 0 radical (unpaired) electrons. The smallest absolute Gasteiger partial charge is 0.0184 e. The van der Waals surface area contributed by atoms with Gasteiger partial charge >= 0.3 is 0 Å². The van der Waals surface area contributed by atoms with Crippen LogP contribution in [0.25, 0.3) is 43.1 Å². The van der Waals surface area contributed by atoms with E-state index in [2.05, 4.69) is 194 Å². The molecule has 0 aliphatic rings. The molecule has 0 bridgehead atoms. The van der Waals surface area contributed by atoms with Crippen molar-refractivity contribution in [1.29, 1.82) is 0 Å². The fourth-order valence-corrected chi connectivity index (χ4v) is 7.61. The van der Waals surface area contributed by atoms with E-state index in [1.165, 1.54) is 43.1 Å². The van der Waals surface area contributed by atoms with Crippen LogP contribution in [0.4, 0.5) is 0 Å². The zero-order chi connectivity index (χ0) is 99.2. The number of benzene rings is 16. The molecule has 0 heterocycles. The van der Waals surface area contributed by atoms with E-state index in [1.54, 1.807) is 0 Å². The molecular weight excluding hydrogens is 1530 g/mol. The van der Waals surface area contributed by atoms with Crippen molar-refractivity contribution in [2.45, 2.75) is 271 Å². The summed E-state index contributed by atoms with van der Waals surface area (Å²) in [6, 6.07) is 163. The summed E-state index contributed by atoms with van der Waals surface area (Å²) in [5.74, 6) is 0. The van der Waals surface area contributed by atoms with E-state index in [9.17, 15) is 0 Å². The standard InChI is InChI=1S/4C10H8.8C6H6.19C2H6.CH4/c4*1-2-6-10-8-4-3-7-9(10)5-1;8*1-2-4-6-5-3-1;19*1-2;/h4*1-8H;8*1-6H;19*1-2H3;1H4. The molecule has 0 fully saturated rings. The lowest BCUT2D eigenvalue weighted by molar-refractivity contribution is 1.50. The van der Waals surface area contributed by atoms with Crippen LogP contribution in [0.3, 0.4) is 0 Å². The van der Waals surface area contributed by atoms with Crippen molar-refractivity contribution in [3.63, 3.8) is 0 Å². The van der Waals surface area contributed by atoms with Gasteiger partial charge in [0, 0.05) is 0 Å². The Morgan fingerprint density at radius 1 is 0.0630 bits per heavy atom. The maximum Gasteiger partial charge on any atom is -0.0184 e. The molecule has 16 aromatic carbocycles. The van der Waals surface area contributed by atoms with Gasteiger partial charge in [-0.1, -0.05) is 756 Å². The van der Waals surface area contributed by atoms with Crippen LogP contribution in [0.2, 0.25) is 0 Å². The van der Waals surface area contributed by atoms with Crippen molar-refractivity contribution in [3.05, 3.63) is 485 Å². The predicted octanol–water partition coefficient (Wildman–Crippen LogP) is 45.0. The molecule has 16 rings (SSSR count). The summed E-state index contributed by atoms with van der Waals surface area (Å²) in [5.41, 5.74) is 0. The molecule has 0 amide bonds. The van der Waals surface area contributed by atoms with Crippen LogP contribution in [0, 0.1) is 0 Å². The molecule has 0 spiro atoms. The molecule has 16 aromatic rings. The Labute approximate surface area is 793 Å². The van der Waals surface area contributed by atoms with Crippen LogP contribution < -0.4 is 0 Å². The molecule has 0 nitrogen and oxygen atoms in total. The van der Waals surface area contributed by atoms with Crippen LogP contribution in [0.1, 0.15) is 271 Å². The minimum atomic E-state index is 0. The van der Waals surface area contributed by atoms with E-state index in [1.807, 2.05) is 554 Å². The molecule has 127 heavy (non-hydrogen) atoms. The lowest BCUT2D eigenvalue weighted by Crippen LogP contribution is -1.67. The quantitative estimate of drug-likeness (QED) is 0.142. The fourth-order valence-electron chi connectivity index (χ4n) is 7.61. The number of hydrogen-bond donors (Lipinski definition) is 0. The second-order valence-corrected chi connectivity index (χ2v) is 18.6. The van der Waals surface area contributed by atoms with Gasteiger partial charge in [-0.3, -0.25) is 0 Å². The van der Waals surface area contributed by atoms with E-state index in [-0.39, 0.29) is 7.43 Å². The first-order valence-corrected chi connectivity index (χ1v) is 48.6. The fraction of sp³-hybridized carbons (Fsp3) is 0.307.